The summed E-state index contributed by atoms with van der Waals surface area (Å²) in [6.45, 7) is 0. The van der Waals surface area contributed by atoms with Crippen molar-refractivity contribution < 1.29 is 18.4 Å². The van der Waals surface area contributed by atoms with Gasteiger partial charge >= 0.3 is 0 Å². The molecule has 1 aliphatic heterocycles. The van der Waals surface area contributed by atoms with Crippen molar-refractivity contribution in [2.24, 2.45) is 4.99 Å². The number of aliphatic imine (C=N–C) groups is 1. The normalized spacial score (nSPS) is 14.8. The van der Waals surface area contributed by atoms with Crippen molar-refractivity contribution in [2.45, 2.75) is 6.17 Å². The lowest BCUT2D eigenvalue weighted by molar-refractivity contribution is -0.117. The Morgan fingerprint density at radius 3 is 2.42 bits per heavy atom. The van der Waals surface area contributed by atoms with E-state index in [4.69, 9.17) is 0 Å². The van der Waals surface area contributed by atoms with Gasteiger partial charge in [0.1, 0.15) is 17.3 Å². The third-order valence-electron chi connectivity index (χ3n) is 6.08. The van der Waals surface area contributed by atoms with Crippen LogP contribution in [0.4, 0.5) is 14.5 Å². The summed E-state index contributed by atoms with van der Waals surface area (Å²) in [5.74, 6) is -2.73. The molecule has 0 radical (unpaired) electrons. The Morgan fingerprint density at radius 1 is 0.868 bits per heavy atom. The zero-order valence-corrected chi connectivity index (χ0v) is 19.6. The third kappa shape index (κ3) is 3.97. The quantitative estimate of drug-likeness (QED) is 0.380. The molecule has 0 spiro atoms. The van der Waals surface area contributed by atoms with Crippen LogP contribution >= 0.6 is 0 Å². The molecule has 2 N–H and O–H groups in total. The number of carbonyl (C=O) groups is 2. The van der Waals surface area contributed by atoms with Gasteiger partial charge in [-0.1, -0.05) is 54.6 Å². The van der Waals surface area contributed by atoms with Gasteiger partial charge in [0.15, 0.2) is 11.3 Å². The molecule has 10 heteroatoms. The third-order valence-corrected chi connectivity index (χ3v) is 6.08. The number of hydrogen-bond acceptors (Lipinski definition) is 5. The van der Waals surface area contributed by atoms with Crippen molar-refractivity contribution in [1.82, 2.24) is 19.9 Å². The number of carbonyl (C=O) groups excluding carboxylic acids is 2. The molecule has 2 amide bonds. The van der Waals surface area contributed by atoms with Gasteiger partial charge in [-0.25, -0.2) is 23.3 Å². The average molecular weight is 508 g/mol. The van der Waals surface area contributed by atoms with Crippen LogP contribution in [0.25, 0.3) is 16.9 Å². The Labute approximate surface area is 214 Å². The molecule has 6 rings (SSSR count). The molecule has 0 saturated heterocycles. The molecule has 0 aliphatic carbocycles. The molecular weight excluding hydrogens is 490 g/mol. The van der Waals surface area contributed by atoms with Gasteiger partial charge in [0.2, 0.25) is 6.17 Å². The molecule has 1 atom stereocenters. The van der Waals surface area contributed by atoms with E-state index in [1.165, 1.54) is 41.0 Å². The predicted octanol–water partition coefficient (Wildman–Crippen LogP) is 4.22. The summed E-state index contributed by atoms with van der Waals surface area (Å²) in [6.07, 6.45) is 0.0206. The summed E-state index contributed by atoms with van der Waals surface area (Å²) in [5, 5.41) is 9.35. The molecule has 3 heterocycles. The van der Waals surface area contributed by atoms with Crippen LogP contribution in [0, 0.1) is 11.6 Å². The van der Waals surface area contributed by atoms with E-state index in [1.807, 2.05) is 6.07 Å². The SMILES string of the molecule is O=C(NC1N=C(c2ccccc2)c2cccc(F)c2NC1=O)c1c(-c2ccccc2F)nc2cccnn12. The number of benzodiazepines with no additional fused rings is 1. The predicted molar refractivity (Wildman–Crippen MR) is 137 cm³/mol. The van der Waals surface area contributed by atoms with Crippen molar-refractivity contribution in [3.63, 3.8) is 0 Å². The molecular formula is C28H18F2N6O2. The van der Waals surface area contributed by atoms with Crippen LogP contribution in [0.5, 0.6) is 0 Å². The number of benzene rings is 3. The number of rotatable bonds is 4. The number of para-hydroxylation sites is 1. The van der Waals surface area contributed by atoms with E-state index in [0.717, 1.165) is 0 Å². The number of aromatic nitrogens is 3. The smallest absolute Gasteiger partial charge is 0.274 e. The molecule has 2 aromatic heterocycles. The highest BCUT2D eigenvalue weighted by Gasteiger charge is 2.31. The summed E-state index contributed by atoms with van der Waals surface area (Å²) in [5.41, 5.74) is 1.64. The van der Waals surface area contributed by atoms with Crippen molar-refractivity contribution >= 4 is 28.9 Å². The monoisotopic (exact) mass is 508 g/mol. The highest BCUT2D eigenvalue weighted by atomic mass is 19.1. The minimum atomic E-state index is -1.44. The van der Waals surface area contributed by atoms with Crippen LogP contribution in [-0.2, 0) is 4.79 Å². The summed E-state index contributed by atoms with van der Waals surface area (Å²) in [6, 6.07) is 22.5. The first-order valence-electron chi connectivity index (χ1n) is 11.6. The molecule has 0 saturated carbocycles. The second kappa shape index (κ2) is 9.32. The first-order valence-corrected chi connectivity index (χ1v) is 11.6. The Balaban J connectivity index is 1.46. The Kier molecular flexibility index (Phi) is 5.68. The summed E-state index contributed by atoms with van der Waals surface area (Å²) in [4.78, 5) is 35.8. The highest BCUT2D eigenvalue weighted by Crippen LogP contribution is 2.28. The lowest BCUT2D eigenvalue weighted by atomic mass is 10.0. The summed E-state index contributed by atoms with van der Waals surface area (Å²) < 4.78 is 30.8. The largest absolute Gasteiger partial charge is 0.321 e. The maximum Gasteiger partial charge on any atom is 0.274 e. The van der Waals surface area contributed by atoms with E-state index >= 15 is 0 Å². The number of halogens is 2. The molecule has 38 heavy (non-hydrogen) atoms. The van der Waals surface area contributed by atoms with Crippen molar-refractivity contribution in [2.75, 3.05) is 5.32 Å². The standard InChI is InChI=1S/C28H18F2N6O2/c29-19-12-5-4-10-17(19)24-25(36-21(32-24)14-7-15-31-36)27(37)35-26-28(38)34-23-18(11-6-13-20(23)30)22(33-26)16-8-2-1-3-9-16/h1-15,26H,(H,34,38)(H,35,37). The second-order valence-electron chi connectivity index (χ2n) is 8.45. The molecule has 1 aliphatic rings. The fourth-order valence-electron chi connectivity index (χ4n) is 4.35. The van der Waals surface area contributed by atoms with Gasteiger partial charge in [0.25, 0.3) is 11.8 Å². The van der Waals surface area contributed by atoms with E-state index in [2.05, 4.69) is 25.7 Å². The van der Waals surface area contributed by atoms with Crippen LogP contribution in [-0.4, -0.2) is 38.3 Å². The van der Waals surface area contributed by atoms with Gasteiger partial charge in [-0.3, -0.25) is 9.59 Å². The van der Waals surface area contributed by atoms with Crippen LogP contribution < -0.4 is 10.6 Å². The van der Waals surface area contributed by atoms with Crippen LogP contribution in [0.2, 0.25) is 0 Å². The molecule has 8 nitrogen and oxygen atoms in total. The van der Waals surface area contributed by atoms with E-state index in [1.54, 1.807) is 48.5 Å². The number of nitrogens with zero attached hydrogens (tertiary/aromatic N) is 4. The highest BCUT2D eigenvalue weighted by molar-refractivity contribution is 6.20. The zero-order chi connectivity index (χ0) is 26.2. The maximum absolute atomic E-state index is 14.8. The molecule has 5 aromatic rings. The van der Waals surface area contributed by atoms with Crippen LogP contribution in [0.1, 0.15) is 21.6 Å². The van der Waals surface area contributed by atoms with Gasteiger partial charge in [-0.05, 0) is 30.3 Å². The summed E-state index contributed by atoms with van der Waals surface area (Å²) in [7, 11) is 0. The van der Waals surface area contributed by atoms with E-state index in [0.29, 0.717) is 22.5 Å². The summed E-state index contributed by atoms with van der Waals surface area (Å²) >= 11 is 0. The van der Waals surface area contributed by atoms with E-state index in [-0.39, 0.29) is 22.6 Å². The van der Waals surface area contributed by atoms with Crippen molar-refractivity contribution in [3.05, 3.63) is 120 Å². The van der Waals surface area contributed by atoms with Gasteiger partial charge in [-0.15, -0.1) is 0 Å². The van der Waals surface area contributed by atoms with Gasteiger partial charge in [-0.2, -0.15) is 5.10 Å². The Bertz CT molecular complexity index is 1750. The number of amides is 2. The molecule has 186 valence electrons. The first-order chi connectivity index (χ1) is 18.5. The zero-order valence-electron chi connectivity index (χ0n) is 19.6. The number of hydrogen-bond donors (Lipinski definition) is 2. The van der Waals surface area contributed by atoms with E-state index in [9.17, 15) is 18.4 Å². The molecule has 1 unspecified atom stereocenters. The fourth-order valence-corrected chi connectivity index (χ4v) is 4.35. The number of imidazole rings is 1. The topological polar surface area (TPSA) is 101 Å². The molecule has 0 bridgehead atoms. The number of fused-ring (bicyclic) bond motifs is 2. The van der Waals surface area contributed by atoms with Crippen LogP contribution in [0.3, 0.4) is 0 Å². The average Bonchev–Trinajstić information content (AvgIpc) is 3.25. The lowest BCUT2D eigenvalue weighted by Gasteiger charge is -2.14. The molecule has 3 aromatic carbocycles. The minimum Gasteiger partial charge on any atom is -0.321 e. The Morgan fingerprint density at radius 2 is 1.61 bits per heavy atom. The van der Waals surface area contributed by atoms with Crippen molar-refractivity contribution in [1.29, 1.82) is 0 Å². The minimum absolute atomic E-state index is 0.0413. The maximum atomic E-state index is 14.8. The van der Waals surface area contributed by atoms with Gasteiger partial charge in [0.05, 0.1) is 11.4 Å². The van der Waals surface area contributed by atoms with Crippen LogP contribution in [0.15, 0.2) is 96.1 Å². The fraction of sp³-hybridized carbons (Fsp3) is 0.0357. The first kappa shape index (κ1) is 23.2. The van der Waals surface area contributed by atoms with E-state index < -0.39 is 29.6 Å². The van der Waals surface area contributed by atoms with Gasteiger partial charge in [0, 0.05) is 22.9 Å². The van der Waals surface area contributed by atoms with Crippen molar-refractivity contribution in [3.8, 4) is 11.3 Å². The number of anilines is 1. The lowest BCUT2D eigenvalue weighted by Crippen LogP contribution is -2.43. The second-order valence-corrected chi connectivity index (χ2v) is 8.45. The molecule has 0 fully saturated rings. The number of nitrogens with one attached hydrogen (secondary N) is 2. The Hall–Kier alpha value is -5.25. The van der Waals surface area contributed by atoms with Gasteiger partial charge < -0.3 is 10.6 Å².